The van der Waals surface area contributed by atoms with Crippen molar-refractivity contribution in [2.45, 2.75) is 20.0 Å². The standard InChI is InChI=1S/C15H20BrF2NO2/c1-3-11(10-19-6-7-20-2)8-12-9-13(16)4-5-14(12)21-15(17)18/h4-5,8-9,15,19H,3,6-7,10H2,1-2H3. The van der Waals surface area contributed by atoms with Crippen molar-refractivity contribution in [3.8, 4) is 5.75 Å². The van der Waals surface area contributed by atoms with Crippen LogP contribution in [0.5, 0.6) is 5.75 Å². The molecule has 0 bridgehead atoms. The second kappa shape index (κ2) is 9.87. The van der Waals surface area contributed by atoms with E-state index in [1.807, 2.05) is 13.0 Å². The summed E-state index contributed by atoms with van der Waals surface area (Å²) in [6, 6.07) is 4.98. The third-order valence-electron chi connectivity index (χ3n) is 2.84. The Morgan fingerprint density at radius 3 is 2.81 bits per heavy atom. The molecule has 0 saturated carbocycles. The van der Waals surface area contributed by atoms with Crippen LogP contribution < -0.4 is 10.1 Å². The van der Waals surface area contributed by atoms with E-state index < -0.39 is 6.61 Å². The van der Waals surface area contributed by atoms with Gasteiger partial charge in [-0.25, -0.2) is 0 Å². The van der Waals surface area contributed by atoms with Crippen LogP contribution in [0.25, 0.3) is 6.08 Å². The van der Waals surface area contributed by atoms with Crippen LogP contribution in [-0.2, 0) is 4.74 Å². The predicted octanol–water partition coefficient (Wildman–Crippen LogP) is 4.08. The Morgan fingerprint density at radius 1 is 1.43 bits per heavy atom. The first kappa shape index (κ1) is 18.1. The van der Waals surface area contributed by atoms with Crippen LogP contribution in [0.4, 0.5) is 8.78 Å². The molecule has 0 radical (unpaired) electrons. The topological polar surface area (TPSA) is 30.5 Å². The fourth-order valence-corrected chi connectivity index (χ4v) is 2.14. The van der Waals surface area contributed by atoms with E-state index in [4.69, 9.17) is 4.74 Å². The molecule has 0 saturated heterocycles. The van der Waals surface area contributed by atoms with Crippen molar-refractivity contribution < 1.29 is 18.3 Å². The summed E-state index contributed by atoms with van der Waals surface area (Å²) < 4.78 is 35.2. The van der Waals surface area contributed by atoms with Crippen molar-refractivity contribution in [3.05, 3.63) is 33.8 Å². The van der Waals surface area contributed by atoms with Crippen LogP contribution in [0.15, 0.2) is 28.2 Å². The van der Waals surface area contributed by atoms with Crippen LogP contribution in [0.2, 0.25) is 0 Å². The fraction of sp³-hybridized carbons (Fsp3) is 0.467. The van der Waals surface area contributed by atoms with Gasteiger partial charge in [0.25, 0.3) is 0 Å². The third-order valence-corrected chi connectivity index (χ3v) is 3.33. The lowest BCUT2D eigenvalue weighted by atomic mass is 10.1. The minimum atomic E-state index is -2.83. The summed E-state index contributed by atoms with van der Waals surface area (Å²) >= 11 is 3.34. The molecular formula is C15H20BrF2NO2. The van der Waals surface area contributed by atoms with E-state index in [0.717, 1.165) is 23.0 Å². The van der Waals surface area contributed by atoms with Gasteiger partial charge in [-0.3, -0.25) is 0 Å². The molecule has 1 aromatic carbocycles. The molecule has 0 amide bonds. The largest absolute Gasteiger partial charge is 0.434 e. The van der Waals surface area contributed by atoms with Gasteiger partial charge in [-0.05, 0) is 24.6 Å². The van der Waals surface area contributed by atoms with Gasteiger partial charge in [0, 0.05) is 30.2 Å². The highest BCUT2D eigenvalue weighted by atomic mass is 79.9. The molecule has 0 unspecified atom stereocenters. The summed E-state index contributed by atoms with van der Waals surface area (Å²) in [4.78, 5) is 0. The monoisotopic (exact) mass is 363 g/mol. The Balaban J connectivity index is 2.84. The first-order valence-corrected chi connectivity index (χ1v) is 7.49. The zero-order valence-electron chi connectivity index (χ0n) is 12.2. The summed E-state index contributed by atoms with van der Waals surface area (Å²) in [6.45, 7) is 1.25. The van der Waals surface area contributed by atoms with Gasteiger partial charge in [-0.15, -0.1) is 0 Å². The van der Waals surface area contributed by atoms with Crippen LogP contribution in [-0.4, -0.2) is 33.4 Å². The molecule has 0 spiro atoms. The summed E-state index contributed by atoms with van der Waals surface area (Å²) in [5.41, 5.74) is 1.73. The molecule has 0 atom stereocenters. The average molecular weight is 364 g/mol. The molecule has 21 heavy (non-hydrogen) atoms. The van der Waals surface area contributed by atoms with Crippen LogP contribution in [0, 0.1) is 0 Å². The molecule has 0 aliphatic carbocycles. The van der Waals surface area contributed by atoms with Gasteiger partial charge in [0.2, 0.25) is 0 Å². The number of nitrogens with one attached hydrogen (secondary N) is 1. The fourth-order valence-electron chi connectivity index (χ4n) is 1.76. The van der Waals surface area contributed by atoms with Crippen molar-refractivity contribution in [2.24, 2.45) is 0 Å². The number of methoxy groups -OCH3 is 1. The summed E-state index contributed by atoms with van der Waals surface area (Å²) in [7, 11) is 1.65. The molecule has 1 aromatic rings. The minimum Gasteiger partial charge on any atom is -0.434 e. The molecule has 0 fully saturated rings. The third kappa shape index (κ3) is 7.02. The number of alkyl halides is 2. The number of ether oxygens (including phenoxy) is 2. The van der Waals surface area contributed by atoms with E-state index in [-0.39, 0.29) is 5.75 Å². The Morgan fingerprint density at radius 2 is 2.19 bits per heavy atom. The highest BCUT2D eigenvalue weighted by molar-refractivity contribution is 9.10. The van der Waals surface area contributed by atoms with Crippen molar-refractivity contribution in [1.82, 2.24) is 5.32 Å². The Labute approximate surface area is 132 Å². The normalized spacial score (nSPS) is 12.0. The Kier molecular flexibility index (Phi) is 8.49. The van der Waals surface area contributed by atoms with Crippen LogP contribution >= 0.6 is 15.9 Å². The number of halogens is 3. The molecule has 1 rings (SSSR count). The van der Waals surface area contributed by atoms with Crippen molar-refractivity contribution >= 4 is 22.0 Å². The number of benzene rings is 1. The maximum Gasteiger partial charge on any atom is 0.387 e. The summed E-state index contributed by atoms with van der Waals surface area (Å²) in [6.07, 6.45) is 2.70. The van der Waals surface area contributed by atoms with Gasteiger partial charge in [-0.2, -0.15) is 8.78 Å². The quantitative estimate of drug-likeness (QED) is 0.670. The van der Waals surface area contributed by atoms with Gasteiger partial charge in [0.1, 0.15) is 5.75 Å². The lowest BCUT2D eigenvalue weighted by Crippen LogP contribution is -2.21. The zero-order valence-corrected chi connectivity index (χ0v) is 13.8. The molecule has 3 nitrogen and oxygen atoms in total. The second-order valence-electron chi connectivity index (χ2n) is 4.39. The van der Waals surface area contributed by atoms with E-state index in [0.29, 0.717) is 18.7 Å². The number of rotatable bonds is 9. The van der Waals surface area contributed by atoms with E-state index in [9.17, 15) is 8.78 Å². The van der Waals surface area contributed by atoms with Gasteiger partial charge >= 0.3 is 6.61 Å². The molecule has 0 aromatic heterocycles. The van der Waals surface area contributed by atoms with Crippen LogP contribution in [0.3, 0.4) is 0 Å². The number of hydrogen-bond acceptors (Lipinski definition) is 3. The lowest BCUT2D eigenvalue weighted by molar-refractivity contribution is -0.0500. The minimum absolute atomic E-state index is 0.177. The molecule has 118 valence electrons. The Hall–Kier alpha value is -0.980. The first-order chi connectivity index (χ1) is 10.1. The first-order valence-electron chi connectivity index (χ1n) is 6.70. The van der Waals surface area contributed by atoms with Crippen molar-refractivity contribution in [2.75, 3.05) is 26.8 Å². The average Bonchev–Trinajstić information content (AvgIpc) is 2.44. The van der Waals surface area contributed by atoms with E-state index in [1.165, 1.54) is 6.07 Å². The molecule has 6 heteroatoms. The lowest BCUT2D eigenvalue weighted by Gasteiger charge is -2.11. The Bertz CT molecular complexity index is 467. The smallest absolute Gasteiger partial charge is 0.387 e. The van der Waals surface area contributed by atoms with E-state index in [1.54, 1.807) is 19.2 Å². The number of hydrogen-bond donors (Lipinski definition) is 1. The van der Waals surface area contributed by atoms with Gasteiger partial charge < -0.3 is 14.8 Å². The second-order valence-corrected chi connectivity index (χ2v) is 5.30. The highest BCUT2D eigenvalue weighted by Gasteiger charge is 2.09. The molecule has 0 heterocycles. The van der Waals surface area contributed by atoms with Crippen molar-refractivity contribution in [3.63, 3.8) is 0 Å². The maximum atomic E-state index is 12.4. The summed E-state index contributed by atoms with van der Waals surface area (Å²) in [5.74, 6) is 0.177. The van der Waals surface area contributed by atoms with Gasteiger partial charge in [0.05, 0.1) is 6.61 Å². The van der Waals surface area contributed by atoms with Gasteiger partial charge in [0.15, 0.2) is 0 Å². The van der Waals surface area contributed by atoms with Gasteiger partial charge in [-0.1, -0.05) is 34.5 Å². The van der Waals surface area contributed by atoms with E-state index in [2.05, 4.69) is 26.0 Å². The molecule has 0 aliphatic rings. The van der Waals surface area contributed by atoms with E-state index >= 15 is 0 Å². The predicted molar refractivity (Wildman–Crippen MR) is 83.8 cm³/mol. The maximum absolute atomic E-state index is 12.4. The SMILES string of the molecule is CCC(=Cc1cc(Br)ccc1OC(F)F)CNCCOC. The summed E-state index contributed by atoms with van der Waals surface area (Å²) in [5, 5.41) is 3.24. The highest BCUT2D eigenvalue weighted by Crippen LogP contribution is 2.27. The zero-order chi connectivity index (χ0) is 15.7. The van der Waals surface area contributed by atoms with Crippen LogP contribution in [0.1, 0.15) is 18.9 Å². The molecular weight excluding hydrogens is 344 g/mol. The van der Waals surface area contributed by atoms with Crippen molar-refractivity contribution in [1.29, 1.82) is 0 Å². The molecule has 1 N–H and O–H groups in total. The molecule has 0 aliphatic heterocycles.